The highest BCUT2D eigenvalue weighted by atomic mass is 35.5. The van der Waals surface area contributed by atoms with Crippen LogP contribution in [0.25, 0.3) is 5.65 Å². The number of ether oxygens (including phenoxy) is 1. The highest BCUT2D eigenvalue weighted by molar-refractivity contribution is 6.36. The van der Waals surface area contributed by atoms with Gasteiger partial charge in [-0.25, -0.2) is 14.3 Å². The molecule has 198 valence electrons. The molecule has 0 radical (unpaired) electrons. The lowest BCUT2D eigenvalue weighted by atomic mass is 10.0. The van der Waals surface area contributed by atoms with Crippen molar-refractivity contribution in [2.24, 2.45) is 11.5 Å². The molecule has 5 rings (SSSR count). The van der Waals surface area contributed by atoms with Crippen LogP contribution in [0, 0.1) is 0 Å². The van der Waals surface area contributed by atoms with Crippen LogP contribution in [0.1, 0.15) is 30.5 Å². The molecule has 2 fully saturated rings. The summed E-state index contributed by atoms with van der Waals surface area (Å²) in [4.78, 5) is 22.8. The zero-order valence-electron chi connectivity index (χ0n) is 20.4. The van der Waals surface area contributed by atoms with Gasteiger partial charge in [0.1, 0.15) is 0 Å². The Labute approximate surface area is 218 Å². The van der Waals surface area contributed by atoms with Crippen molar-refractivity contribution in [3.05, 3.63) is 34.6 Å². The SMILES string of the molecule is COC(=O)N[C@H]1C[C@@H](O)CN(c2cc(CN)cc(Nc3nc(NC4CC4)c4ncc(CN)n4n3)c2Cl)C1. The molecular formula is C23H31ClN10O3. The predicted octanol–water partition coefficient (Wildman–Crippen LogP) is 1.31. The number of hydrogen-bond acceptors (Lipinski definition) is 11. The molecule has 1 saturated carbocycles. The number of piperidine rings is 1. The number of alkyl carbamates (subject to hydrolysis) is 1. The van der Waals surface area contributed by atoms with Crippen LogP contribution < -0.4 is 32.3 Å². The highest BCUT2D eigenvalue weighted by Gasteiger charge is 2.30. The maximum Gasteiger partial charge on any atom is 0.407 e. The molecule has 2 atom stereocenters. The van der Waals surface area contributed by atoms with Gasteiger partial charge >= 0.3 is 6.09 Å². The minimum absolute atomic E-state index is 0.270. The molecular weight excluding hydrogens is 500 g/mol. The van der Waals surface area contributed by atoms with Gasteiger partial charge in [0.25, 0.3) is 0 Å². The van der Waals surface area contributed by atoms with Crippen LogP contribution in [-0.4, -0.2) is 69.2 Å². The van der Waals surface area contributed by atoms with E-state index in [2.05, 4.69) is 31.0 Å². The van der Waals surface area contributed by atoms with E-state index in [4.69, 9.17) is 27.8 Å². The van der Waals surface area contributed by atoms with Crippen molar-refractivity contribution in [2.45, 2.75) is 50.5 Å². The third-order valence-electron chi connectivity index (χ3n) is 6.43. The molecule has 0 spiro atoms. The standard InChI is InChI=1S/C23H31ClN10O3/c1-37-23(36)29-14-6-16(35)11-33(10-14)18-5-12(7-25)4-17(19(18)24)30-22-31-20(28-13-2-3-13)21-27-9-15(8-26)34(21)32-22/h4-5,9,13-14,16,35H,2-3,6-8,10-11,25-26H2,1H3,(H,29,36)(H2,28,30,31,32)/t14-,16+/m0/s1. The minimum atomic E-state index is -0.664. The van der Waals surface area contributed by atoms with E-state index in [1.54, 1.807) is 10.7 Å². The van der Waals surface area contributed by atoms with Gasteiger partial charge in [-0.3, -0.25) is 0 Å². The molecule has 3 heterocycles. The van der Waals surface area contributed by atoms with Gasteiger partial charge in [0.05, 0.1) is 47.5 Å². The second-order valence-corrected chi connectivity index (χ2v) is 9.70. The Kier molecular flexibility index (Phi) is 7.20. The number of carbonyl (C=O) groups excluding carboxylic acids is 1. The average Bonchev–Trinajstić information content (AvgIpc) is 3.60. The molecule has 0 unspecified atom stereocenters. The number of hydrogen-bond donors (Lipinski definition) is 6. The van der Waals surface area contributed by atoms with Gasteiger partial charge in [-0.1, -0.05) is 11.6 Å². The Balaban J connectivity index is 1.48. The number of nitrogens with one attached hydrogen (secondary N) is 3. The number of halogens is 1. The fourth-order valence-electron chi connectivity index (χ4n) is 4.46. The van der Waals surface area contributed by atoms with E-state index < -0.39 is 12.2 Å². The predicted molar refractivity (Wildman–Crippen MR) is 140 cm³/mol. The van der Waals surface area contributed by atoms with Crippen molar-refractivity contribution < 1.29 is 14.6 Å². The number of methoxy groups -OCH3 is 1. The number of nitrogens with zero attached hydrogens (tertiary/aromatic N) is 5. The van der Waals surface area contributed by atoms with E-state index in [1.165, 1.54) is 7.11 Å². The van der Waals surface area contributed by atoms with Gasteiger partial charge in [0.15, 0.2) is 11.5 Å². The first-order valence-corrected chi connectivity index (χ1v) is 12.5. The summed E-state index contributed by atoms with van der Waals surface area (Å²) in [6.07, 6.45) is 3.02. The summed E-state index contributed by atoms with van der Waals surface area (Å²) in [6, 6.07) is 3.77. The first-order valence-electron chi connectivity index (χ1n) is 12.2. The number of rotatable bonds is 8. The van der Waals surface area contributed by atoms with Crippen LogP contribution in [0.15, 0.2) is 18.3 Å². The molecule has 1 aliphatic carbocycles. The fraction of sp³-hybridized carbons (Fsp3) is 0.478. The van der Waals surface area contributed by atoms with Gasteiger partial charge in [-0.2, -0.15) is 4.98 Å². The maximum absolute atomic E-state index is 11.8. The Morgan fingerprint density at radius 3 is 2.76 bits per heavy atom. The van der Waals surface area contributed by atoms with Crippen molar-refractivity contribution >= 4 is 46.5 Å². The van der Waals surface area contributed by atoms with Gasteiger partial charge in [-0.15, -0.1) is 5.10 Å². The highest BCUT2D eigenvalue weighted by Crippen LogP contribution is 2.37. The summed E-state index contributed by atoms with van der Waals surface area (Å²) in [7, 11) is 1.30. The molecule has 8 N–H and O–H groups in total. The van der Waals surface area contributed by atoms with E-state index in [0.29, 0.717) is 59.4 Å². The number of aliphatic hydroxyl groups is 1. The van der Waals surface area contributed by atoms with Gasteiger partial charge in [-0.05, 0) is 37.0 Å². The summed E-state index contributed by atoms with van der Waals surface area (Å²) < 4.78 is 6.39. The molecule has 13 nitrogen and oxygen atoms in total. The summed E-state index contributed by atoms with van der Waals surface area (Å²) in [5, 5.41) is 24.9. The van der Waals surface area contributed by atoms with Crippen molar-refractivity contribution in [1.82, 2.24) is 24.9 Å². The fourth-order valence-corrected chi connectivity index (χ4v) is 4.74. The number of β-amino-alcohol motifs (C(OH)–C–C–N with tert-alkyl or cyclic N) is 1. The normalized spacial score (nSPS) is 19.6. The third kappa shape index (κ3) is 5.49. The first kappa shape index (κ1) is 25.3. The Hall–Kier alpha value is -3.39. The van der Waals surface area contributed by atoms with E-state index >= 15 is 0 Å². The third-order valence-corrected chi connectivity index (χ3v) is 6.83. The Morgan fingerprint density at radius 1 is 1.24 bits per heavy atom. The zero-order valence-corrected chi connectivity index (χ0v) is 21.2. The Morgan fingerprint density at radius 2 is 2.05 bits per heavy atom. The van der Waals surface area contributed by atoms with Crippen molar-refractivity contribution in [3.8, 4) is 0 Å². The lowest BCUT2D eigenvalue weighted by Crippen LogP contribution is -2.52. The van der Waals surface area contributed by atoms with Crippen molar-refractivity contribution in [2.75, 3.05) is 35.7 Å². The van der Waals surface area contributed by atoms with E-state index in [0.717, 1.165) is 24.1 Å². The molecule has 2 aliphatic rings. The van der Waals surface area contributed by atoms with E-state index in [1.807, 2.05) is 17.0 Å². The van der Waals surface area contributed by atoms with Crippen LogP contribution >= 0.6 is 11.6 Å². The maximum atomic E-state index is 11.8. The second kappa shape index (κ2) is 10.5. The van der Waals surface area contributed by atoms with Crippen molar-refractivity contribution in [1.29, 1.82) is 0 Å². The number of aromatic nitrogens is 4. The van der Waals surface area contributed by atoms with E-state index in [-0.39, 0.29) is 19.1 Å². The monoisotopic (exact) mass is 530 g/mol. The largest absolute Gasteiger partial charge is 0.453 e. The summed E-state index contributed by atoms with van der Waals surface area (Å²) >= 11 is 6.89. The zero-order chi connectivity index (χ0) is 26.1. The van der Waals surface area contributed by atoms with E-state index in [9.17, 15) is 9.90 Å². The lowest BCUT2D eigenvalue weighted by Gasteiger charge is -2.38. The second-order valence-electron chi connectivity index (χ2n) is 9.32. The molecule has 1 aliphatic heterocycles. The molecule has 37 heavy (non-hydrogen) atoms. The average molecular weight is 531 g/mol. The molecule has 3 aromatic rings. The summed E-state index contributed by atoms with van der Waals surface area (Å²) in [5.41, 5.74) is 15.3. The minimum Gasteiger partial charge on any atom is -0.453 e. The summed E-state index contributed by atoms with van der Waals surface area (Å²) in [6.45, 7) is 1.32. The smallest absolute Gasteiger partial charge is 0.407 e. The summed E-state index contributed by atoms with van der Waals surface area (Å²) in [5.74, 6) is 0.927. The molecule has 1 saturated heterocycles. The Bertz CT molecular complexity index is 1300. The first-order chi connectivity index (χ1) is 17.9. The van der Waals surface area contributed by atoms with Crippen LogP contribution in [0.2, 0.25) is 5.02 Å². The molecule has 0 bridgehead atoms. The van der Waals surface area contributed by atoms with Gasteiger partial charge in [0.2, 0.25) is 5.95 Å². The number of fused-ring (bicyclic) bond motifs is 1. The topological polar surface area (TPSA) is 181 Å². The number of amides is 1. The number of imidazole rings is 1. The van der Waals surface area contributed by atoms with Crippen molar-refractivity contribution in [3.63, 3.8) is 0 Å². The molecule has 14 heteroatoms. The molecule has 1 amide bonds. The molecule has 2 aromatic heterocycles. The lowest BCUT2D eigenvalue weighted by molar-refractivity contribution is 0.127. The molecule has 1 aromatic carbocycles. The van der Waals surface area contributed by atoms with Crippen LogP contribution in [0.4, 0.5) is 27.9 Å². The van der Waals surface area contributed by atoms with Crippen LogP contribution in [0.5, 0.6) is 0 Å². The van der Waals surface area contributed by atoms with Gasteiger partial charge in [0, 0.05) is 32.2 Å². The number of aliphatic hydroxyl groups excluding tert-OH is 1. The number of benzene rings is 1. The number of anilines is 4. The number of nitrogens with two attached hydrogens (primary N) is 2. The quantitative estimate of drug-likeness (QED) is 0.247. The number of carbonyl (C=O) groups is 1. The van der Waals surface area contributed by atoms with Crippen LogP contribution in [0.3, 0.4) is 0 Å². The van der Waals surface area contributed by atoms with Gasteiger partial charge < -0.3 is 42.2 Å². The van der Waals surface area contributed by atoms with Crippen LogP contribution in [-0.2, 0) is 17.8 Å².